The Labute approximate surface area is 136 Å². The zero-order valence-corrected chi connectivity index (χ0v) is 13.5. The zero-order chi connectivity index (χ0) is 16.8. The molecule has 1 saturated heterocycles. The molecule has 2 unspecified atom stereocenters. The predicted octanol–water partition coefficient (Wildman–Crippen LogP) is 1.14. The van der Waals surface area contributed by atoms with Crippen LogP contribution >= 0.6 is 0 Å². The minimum atomic E-state index is -0.500. The molecule has 6 nitrogen and oxygen atoms in total. The summed E-state index contributed by atoms with van der Waals surface area (Å²) in [4.78, 5) is 25.4. The standard InChI is InChI=1S/C17H25N3O3/c1-12-4-3-8-20(15(12)11-18)16(21)7-9-23-14-6-2-5-13(10-14)17(19)22/h2,5-6,10,12,15H,3-4,7-9,11,18H2,1H3,(H2,19,22). The lowest BCUT2D eigenvalue weighted by atomic mass is 9.90. The molecule has 0 radical (unpaired) electrons. The normalized spacial score (nSPS) is 21.0. The number of carbonyl (C=O) groups excluding carboxylic acids is 2. The van der Waals surface area contributed by atoms with Crippen molar-refractivity contribution in [3.8, 4) is 5.75 Å². The fraction of sp³-hybridized carbons (Fsp3) is 0.529. The van der Waals surface area contributed by atoms with Crippen LogP contribution in [-0.2, 0) is 4.79 Å². The van der Waals surface area contributed by atoms with Crippen molar-refractivity contribution in [3.63, 3.8) is 0 Å². The number of nitrogens with two attached hydrogens (primary N) is 2. The molecule has 0 aromatic heterocycles. The highest BCUT2D eigenvalue weighted by atomic mass is 16.5. The quantitative estimate of drug-likeness (QED) is 0.821. The maximum atomic E-state index is 12.4. The van der Waals surface area contributed by atoms with E-state index in [1.165, 1.54) is 0 Å². The minimum Gasteiger partial charge on any atom is -0.493 e. The second-order valence-corrected chi connectivity index (χ2v) is 6.00. The Morgan fingerprint density at radius 3 is 2.87 bits per heavy atom. The zero-order valence-electron chi connectivity index (χ0n) is 13.5. The summed E-state index contributed by atoms with van der Waals surface area (Å²) in [5, 5.41) is 0. The molecule has 126 valence electrons. The number of rotatable bonds is 6. The number of nitrogens with zero attached hydrogens (tertiary/aromatic N) is 1. The summed E-state index contributed by atoms with van der Waals surface area (Å²) < 4.78 is 5.57. The Morgan fingerprint density at radius 2 is 2.17 bits per heavy atom. The molecular weight excluding hydrogens is 294 g/mol. The van der Waals surface area contributed by atoms with E-state index in [0.717, 1.165) is 19.4 Å². The fourth-order valence-corrected chi connectivity index (χ4v) is 3.06. The molecule has 2 amide bonds. The molecular formula is C17H25N3O3. The number of benzene rings is 1. The number of ether oxygens (including phenoxy) is 1. The molecule has 1 fully saturated rings. The second-order valence-electron chi connectivity index (χ2n) is 6.00. The largest absolute Gasteiger partial charge is 0.493 e. The van der Waals surface area contributed by atoms with Crippen molar-refractivity contribution >= 4 is 11.8 Å². The number of hydrogen-bond donors (Lipinski definition) is 2. The van der Waals surface area contributed by atoms with Crippen LogP contribution in [0.1, 0.15) is 36.5 Å². The van der Waals surface area contributed by atoms with E-state index in [2.05, 4.69) is 6.92 Å². The molecule has 6 heteroatoms. The number of carbonyl (C=O) groups is 2. The first-order chi connectivity index (χ1) is 11.0. The molecule has 0 spiro atoms. The Bertz CT molecular complexity index is 562. The first kappa shape index (κ1) is 17.3. The van der Waals surface area contributed by atoms with Crippen LogP contribution in [0.2, 0.25) is 0 Å². The van der Waals surface area contributed by atoms with E-state index in [1.807, 2.05) is 4.90 Å². The van der Waals surface area contributed by atoms with Crippen LogP contribution in [0.5, 0.6) is 5.75 Å². The molecule has 0 saturated carbocycles. The van der Waals surface area contributed by atoms with Gasteiger partial charge in [-0.15, -0.1) is 0 Å². The lowest BCUT2D eigenvalue weighted by molar-refractivity contribution is -0.136. The van der Waals surface area contributed by atoms with Crippen LogP contribution in [0.4, 0.5) is 0 Å². The van der Waals surface area contributed by atoms with Gasteiger partial charge in [0.15, 0.2) is 0 Å². The molecule has 0 aliphatic carbocycles. The Balaban J connectivity index is 1.87. The summed E-state index contributed by atoms with van der Waals surface area (Å²) in [5.74, 6) is 0.542. The number of amides is 2. The highest BCUT2D eigenvalue weighted by molar-refractivity contribution is 5.93. The van der Waals surface area contributed by atoms with Crippen molar-refractivity contribution in [2.75, 3.05) is 19.7 Å². The molecule has 1 aromatic carbocycles. The van der Waals surface area contributed by atoms with E-state index in [1.54, 1.807) is 24.3 Å². The summed E-state index contributed by atoms with van der Waals surface area (Å²) in [7, 11) is 0. The highest BCUT2D eigenvalue weighted by Crippen LogP contribution is 2.23. The van der Waals surface area contributed by atoms with E-state index in [4.69, 9.17) is 16.2 Å². The van der Waals surface area contributed by atoms with Gasteiger partial charge in [-0.05, 0) is 37.0 Å². The first-order valence-corrected chi connectivity index (χ1v) is 8.05. The van der Waals surface area contributed by atoms with Gasteiger partial charge in [-0.3, -0.25) is 9.59 Å². The van der Waals surface area contributed by atoms with E-state index in [0.29, 0.717) is 30.2 Å². The first-order valence-electron chi connectivity index (χ1n) is 8.05. The van der Waals surface area contributed by atoms with E-state index in [-0.39, 0.29) is 18.6 Å². The third kappa shape index (κ3) is 4.45. The molecule has 1 aliphatic heterocycles. The molecule has 2 rings (SSSR count). The van der Waals surface area contributed by atoms with Gasteiger partial charge in [0, 0.05) is 24.7 Å². The number of hydrogen-bond acceptors (Lipinski definition) is 4. The van der Waals surface area contributed by atoms with Gasteiger partial charge in [0.1, 0.15) is 5.75 Å². The van der Waals surface area contributed by atoms with Crippen LogP contribution in [0.15, 0.2) is 24.3 Å². The monoisotopic (exact) mass is 319 g/mol. The van der Waals surface area contributed by atoms with Crippen molar-refractivity contribution in [2.45, 2.75) is 32.2 Å². The van der Waals surface area contributed by atoms with Crippen LogP contribution < -0.4 is 16.2 Å². The van der Waals surface area contributed by atoms with E-state index >= 15 is 0 Å². The summed E-state index contributed by atoms with van der Waals surface area (Å²) in [6, 6.07) is 6.77. The van der Waals surface area contributed by atoms with Gasteiger partial charge in [-0.1, -0.05) is 13.0 Å². The average molecular weight is 319 g/mol. The molecule has 1 aliphatic rings. The van der Waals surface area contributed by atoms with Crippen LogP contribution in [0.25, 0.3) is 0 Å². The molecule has 0 bridgehead atoms. The minimum absolute atomic E-state index is 0.0676. The van der Waals surface area contributed by atoms with Gasteiger partial charge < -0.3 is 21.1 Å². The van der Waals surface area contributed by atoms with Crippen LogP contribution in [0.3, 0.4) is 0 Å². The Morgan fingerprint density at radius 1 is 1.39 bits per heavy atom. The van der Waals surface area contributed by atoms with E-state index < -0.39 is 5.91 Å². The molecule has 4 N–H and O–H groups in total. The summed E-state index contributed by atoms with van der Waals surface area (Å²) in [6.45, 7) is 3.67. The molecule has 23 heavy (non-hydrogen) atoms. The van der Waals surface area contributed by atoms with Crippen LogP contribution in [-0.4, -0.2) is 42.5 Å². The highest BCUT2D eigenvalue weighted by Gasteiger charge is 2.30. The smallest absolute Gasteiger partial charge is 0.248 e. The van der Waals surface area contributed by atoms with Gasteiger partial charge >= 0.3 is 0 Å². The number of likely N-dealkylation sites (tertiary alicyclic amines) is 1. The Kier molecular flexibility index (Phi) is 5.98. The van der Waals surface area contributed by atoms with Crippen molar-refractivity contribution in [2.24, 2.45) is 17.4 Å². The predicted molar refractivity (Wildman–Crippen MR) is 88.0 cm³/mol. The van der Waals surface area contributed by atoms with Crippen molar-refractivity contribution < 1.29 is 14.3 Å². The second kappa shape index (κ2) is 7.97. The average Bonchev–Trinajstić information content (AvgIpc) is 2.54. The van der Waals surface area contributed by atoms with Gasteiger partial charge in [-0.25, -0.2) is 0 Å². The maximum absolute atomic E-state index is 12.4. The van der Waals surface area contributed by atoms with Crippen molar-refractivity contribution in [1.29, 1.82) is 0 Å². The lowest BCUT2D eigenvalue weighted by Crippen LogP contribution is -2.51. The lowest BCUT2D eigenvalue weighted by Gasteiger charge is -2.39. The van der Waals surface area contributed by atoms with Gasteiger partial charge in [0.05, 0.1) is 13.0 Å². The Hall–Kier alpha value is -2.08. The molecule has 2 atom stereocenters. The van der Waals surface area contributed by atoms with Crippen molar-refractivity contribution in [3.05, 3.63) is 29.8 Å². The van der Waals surface area contributed by atoms with Gasteiger partial charge in [0.25, 0.3) is 0 Å². The SMILES string of the molecule is CC1CCCN(C(=O)CCOc2cccc(C(N)=O)c2)C1CN. The topological polar surface area (TPSA) is 98.6 Å². The summed E-state index contributed by atoms with van der Waals surface area (Å²) in [5.41, 5.74) is 11.4. The summed E-state index contributed by atoms with van der Waals surface area (Å²) in [6.07, 6.45) is 2.43. The number of piperidine rings is 1. The van der Waals surface area contributed by atoms with Gasteiger partial charge in [-0.2, -0.15) is 0 Å². The maximum Gasteiger partial charge on any atom is 0.248 e. The third-order valence-electron chi connectivity index (χ3n) is 4.38. The summed E-state index contributed by atoms with van der Waals surface area (Å²) >= 11 is 0. The fourth-order valence-electron chi connectivity index (χ4n) is 3.06. The van der Waals surface area contributed by atoms with Crippen molar-refractivity contribution in [1.82, 2.24) is 4.90 Å². The van der Waals surface area contributed by atoms with E-state index in [9.17, 15) is 9.59 Å². The third-order valence-corrected chi connectivity index (χ3v) is 4.38. The van der Waals surface area contributed by atoms with Gasteiger partial charge in [0.2, 0.25) is 11.8 Å². The van der Waals surface area contributed by atoms with Crippen LogP contribution in [0, 0.1) is 5.92 Å². The molecule has 1 heterocycles. The molecule has 1 aromatic rings. The number of primary amides is 1.